The van der Waals surface area contributed by atoms with Crippen molar-refractivity contribution in [2.75, 3.05) is 0 Å². The lowest BCUT2D eigenvalue weighted by Gasteiger charge is -2.16. The van der Waals surface area contributed by atoms with Crippen LogP contribution in [0, 0.1) is 11.6 Å². The van der Waals surface area contributed by atoms with Crippen molar-refractivity contribution in [2.45, 2.75) is 19.5 Å². The van der Waals surface area contributed by atoms with Crippen LogP contribution in [0.4, 0.5) is 8.78 Å². The number of phenolic OH excluding ortho intramolecular Hbond substituents is 1. The van der Waals surface area contributed by atoms with Crippen LogP contribution < -0.4 is 5.32 Å². The molecule has 106 valence electrons. The van der Waals surface area contributed by atoms with Crippen LogP contribution in [0.15, 0.2) is 40.9 Å². The fourth-order valence-electron chi connectivity index (χ4n) is 1.93. The third kappa shape index (κ3) is 3.35. The summed E-state index contributed by atoms with van der Waals surface area (Å²) in [5.41, 5.74) is 1.50. The molecule has 5 heteroatoms. The zero-order valence-electron chi connectivity index (χ0n) is 10.8. The molecule has 0 radical (unpaired) electrons. The summed E-state index contributed by atoms with van der Waals surface area (Å²) >= 11 is 3.46. The van der Waals surface area contributed by atoms with E-state index in [0.717, 1.165) is 22.2 Å². The van der Waals surface area contributed by atoms with Gasteiger partial charge in [-0.15, -0.1) is 0 Å². The van der Waals surface area contributed by atoms with Gasteiger partial charge in [0.2, 0.25) is 0 Å². The molecule has 0 amide bonds. The van der Waals surface area contributed by atoms with Gasteiger partial charge in [-0.05, 0) is 36.2 Å². The average Bonchev–Trinajstić information content (AvgIpc) is 2.42. The number of benzene rings is 2. The lowest BCUT2D eigenvalue weighted by molar-refractivity contribution is 0.394. The minimum absolute atomic E-state index is 0.0190. The topological polar surface area (TPSA) is 32.3 Å². The van der Waals surface area contributed by atoms with E-state index in [0.29, 0.717) is 12.1 Å². The van der Waals surface area contributed by atoms with Gasteiger partial charge in [-0.1, -0.05) is 34.1 Å². The van der Waals surface area contributed by atoms with Crippen molar-refractivity contribution in [2.24, 2.45) is 0 Å². The first-order valence-corrected chi connectivity index (χ1v) is 6.93. The monoisotopic (exact) mass is 341 g/mol. The molecule has 2 nitrogen and oxygen atoms in total. The number of halogens is 3. The number of rotatable bonds is 4. The highest BCUT2D eigenvalue weighted by Gasteiger charge is 2.11. The molecule has 2 N–H and O–H groups in total. The summed E-state index contributed by atoms with van der Waals surface area (Å²) in [5.74, 6) is -2.83. The predicted molar refractivity (Wildman–Crippen MR) is 77.4 cm³/mol. The summed E-state index contributed by atoms with van der Waals surface area (Å²) in [7, 11) is 0. The maximum atomic E-state index is 13.2. The van der Waals surface area contributed by atoms with E-state index in [4.69, 9.17) is 5.11 Å². The highest BCUT2D eigenvalue weighted by atomic mass is 79.9. The van der Waals surface area contributed by atoms with Crippen molar-refractivity contribution in [1.29, 1.82) is 0 Å². The first-order valence-electron chi connectivity index (χ1n) is 6.13. The van der Waals surface area contributed by atoms with Crippen molar-refractivity contribution in [3.8, 4) is 5.75 Å². The van der Waals surface area contributed by atoms with E-state index >= 15 is 0 Å². The molecular weight excluding hydrogens is 328 g/mol. The van der Waals surface area contributed by atoms with E-state index in [9.17, 15) is 8.78 Å². The zero-order chi connectivity index (χ0) is 14.7. The Morgan fingerprint density at radius 1 is 1.20 bits per heavy atom. The van der Waals surface area contributed by atoms with Crippen LogP contribution in [0.5, 0.6) is 5.75 Å². The Balaban J connectivity index is 2.07. The van der Waals surface area contributed by atoms with Crippen LogP contribution in [0.3, 0.4) is 0 Å². The van der Waals surface area contributed by atoms with Gasteiger partial charge in [-0.3, -0.25) is 0 Å². The molecule has 20 heavy (non-hydrogen) atoms. The van der Waals surface area contributed by atoms with Crippen LogP contribution in [0.2, 0.25) is 0 Å². The molecule has 0 saturated heterocycles. The average molecular weight is 342 g/mol. The van der Waals surface area contributed by atoms with E-state index < -0.39 is 17.4 Å². The van der Waals surface area contributed by atoms with Crippen LogP contribution in [-0.2, 0) is 6.54 Å². The second-order valence-corrected chi connectivity index (χ2v) is 5.39. The summed E-state index contributed by atoms with van der Waals surface area (Å²) in [4.78, 5) is 0. The van der Waals surface area contributed by atoms with Gasteiger partial charge in [0.1, 0.15) is 0 Å². The quantitative estimate of drug-likeness (QED) is 0.869. The number of phenols is 1. The molecule has 2 aromatic rings. The Hall–Kier alpha value is -1.46. The van der Waals surface area contributed by atoms with Gasteiger partial charge in [0, 0.05) is 17.1 Å². The van der Waals surface area contributed by atoms with Crippen LogP contribution in [-0.4, -0.2) is 5.11 Å². The molecule has 0 unspecified atom stereocenters. The minimum atomic E-state index is -0.949. The van der Waals surface area contributed by atoms with Crippen LogP contribution in [0.1, 0.15) is 24.1 Å². The fourth-order valence-corrected chi connectivity index (χ4v) is 2.56. The SMILES string of the molecule is C[C@H](NCc1cc(F)c(O)c(F)c1)c1ccccc1Br. The highest BCUT2D eigenvalue weighted by Crippen LogP contribution is 2.24. The van der Waals surface area contributed by atoms with Crippen LogP contribution in [0.25, 0.3) is 0 Å². The first kappa shape index (κ1) is 14.9. The normalized spacial score (nSPS) is 12.4. The molecule has 0 saturated carbocycles. The molecule has 0 aliphatic rings. The molecule has 2 rings (SSSR count). The maximum absolute atomic E-state index is 13.2. The van der Waals surface area contributed by atoms with E-state index in [1.165, 1.54) is 0 Å². The van der Waals surface area contributed by atoms with Crippen molar-refractivity contribution < 1.29 is 13.9 Å². The third-order valence-corrected chi connectivity index (χ3v) is 3.78. The highest BCUT2D eigenvalue weighted by molar-refractivity contribution is 9.10. The lowest BCUT2D eigenvalue weighted by Crippen LogP contribution is -2.18. The van der Waals surface area contributed by atoms with Crippen molar-refractivity contribution in [3.05, 3.63) is 63.6 Å². The fraction of sp³-hybridized carbons (Fsp3) is 0.200. The zero-order valence-corrected chi connectivity index (χ0v) is 12.4. The molecule has 0 heterocycles. The maximum Gasteiger partial charge on any atom is 0.187 e. The molecular formula is C15H14BrF2NO. The Morgan fingerprint density at radius 3 is 2.40 bits per heavy atom. The lowest BCUT2D eigenvalue weighted by atomic mass is 10.1. The number of aromatic hydroxyl groups is 1. The third-order valence-electron chi connectivity index (χ3n) is 3.06. The van der Waals surface area contributed by atoms with E-state index in [1.807, 2.05) is 31.2 Å². The standard InChI is InChI=1S/C15H14BrF2NO/c1-9(11-4-2-3-5-12(11)16)19-8-10-6-13(17)15(20)14(18)7-10/h2-7,9,19-20H,8H2,1H3/t9-/m0/s1. The molecule has 0 aromatic heterocycles. The summed E-state index contributed by atoms with van der Waals surface area (Å²) in [5, 5.41) is 12.2. The van der Waals surface area contributed by atoms with Gasteiger partial charge >= 0.3 is 0 Å². The van der Waals surface area contributed by atoms with Gasteiger partial charge < -0.3 is 10.4 Å². The Bertz CT molecular complexity index is 596. The summed E-state index contributed by atoms with van der Waals surface area (Å²) in [6.07, 6.45) is 0. The van der Waals surface area contributed by atoms with Gasteiger partial charge in [0.25, 0.3) is 0 Å². The first-order chi connectivity index (χ1) is 9.49. The van der Waals surface area contributed by atoms with E-state index in [-0.39, 0.29) is 6.04 Å². The number of hydrogen-bond acceptors (Lipinski definition) is 2. The molecule has 0 fully saturated rings. The summed E-state index contributed by atoms with van der Waals surface area (Å²) < 4.78 is 27.4. The van der Waals surface area contributed by atoms with Gasteiger partial charge in [0.15, 0.2) is 17.4 Å². The van der Waals surface area contributed by atoms with Gasteiger partial charge in [-0.2, -0.15) is 0 Å². The van der Waals surface area contributed by atoms with Crippen molar-refractivity contribution >= 4 is 15.9 Å². The van der Waals surface area contributed by atoms with E-state index in [2.05, 4.69) is 21.2 Å². The molecule has 1 atom stereocenters. The Labute approximate surface area is 124 Å². The van der Waals surface area contributed by atoms with Gasteiger partial charge in [0.05, 0.1) is 0 Å². The van der Waals surface area contributed by atoms with Crippen molar-refractivity contribution in [3.63, 3.8) is 0 Å². The molecule has 0 spiro atoms. The Kier molecular flexibility index (Phi) is 4.73. The Morgan fingerprint density at radius 2 is 1.80 bits per heavy atom. The smallest absolute Gasteiger partial charge is 0.187 e. The summed E-state index contributed by atoms with van der Waals surface area (Å²) in [6, 6.07) is 10.0. The summed E-state index contributed by atoms with van der Waals surface area (Å²) in [6.45, 7) is 2.27. The van der Waals surface area contributed by atoms with E-state index in [1.54, 1.807) is 0 Å². The van der Waals surface area contributed by atoms with Gasteiger partial charge in [-0.25, -0.2) is 8.78 Å². The van der Waals surface area contributed by atoms with Crippen molar-refractivity contribution in [1.82, 2.24) is 5.32 Å². The molecule has 0 bridgehead atoms. The largest absolute Gasteiger partial charge is 0.503 e. The minimum Gasteiger partial charge on any atom is -0.503 e. The second kappa shape index (κ2) is 6.33. The molecule has 2 aromatic carbocycles. The predicted octanol–water partition coefficient (Wildman–Crippen LogP) is 4.28. The van der Waals surface area contributed by atoms with Crippen LogP contribution >= 0.6 is 15.9 Å². The molecule has 0 aliphatic heterocycles. The number of hydrogen-bond donors (Lipinski definition) is 2. The number of nitrogens with one attached hydrogen (secondary N) is 1. The molecule has 0 aliphatic carbocycles. The second-order valence-electron chi connectivity index (χ2n) is 4.53.